The van der Waals surface area contributed by atoms with E-state index in [0.717, 1.165) is 56.5 Å². The Kier molecular flexibility index (Phi) is 5.04. The Labute approximate surface area is 168 Å². The van der Waals surface area contributed by atoms with E-state index in [2.05, 4.69) is 48.4 Å². The van der Waals surface area contributed by atoms with Crippen molar-refractivity contribution in [2.24, 2.45) is 0 Å². The van der Waals surface area contributed by atoms with E-state index < -0.39 is 0 Å². The Morgan fingerprint density at radius 1 is 1.14 bits per heavy atom. The van der Waals surface area contributed by atoms with Crippen LogP contribution in [0.5, 0.6) is 0 Å². The highest BCUT2D eigenvalue weighted by atomic mass is 32.1. The zero-order valence-electron chi connectivity index (χ0n) is 16.7. The van der Waals surface area contributed by atoms with Crippen molar-refractivity contribution in [2.45, 2.75) is 33.1 Å². The summed E-state index contributed by atoms with van der Waals surface area (Å²) in [6, 6.07) is 10.9. The predicted molar refractivity (Wildman–Crippen MR) is 120 cm³/mol. The van der Waals surface area contributed by atoms with Crippen LogP contribution < -0.4 is 10.9 Å². The number of thiophene rings is 1. The Hall–Kier alpha value is -2.50. The van der Waals surface area contributed by atoms with Crippen LogP contribution in [0, 0.1) is 13.8 Å². The van der Waals surface area contributed by atoms with Gasteiger partial charge >= 0.3 is 0 Å². The van der Waals surface area contributed by atoms with Gasteiger partial charge in [0.05, 0.1) is 11.2 Å². The van der Waals surface area contributed by atoms with Gasteiger partial charge in [0.2, 0.25) is 0 Å². The van der Waals surface area contributed by atoms with E-state index in [4.69, 9.17) is 4.98 Å². The second-order valence-electron chi connectivity index (χ2n) is 7.31. The smallest absolute Gasteiger partial charge is 0.266 e. The molecule has 0 radical (unpaired) electrons. The van der Waals surface area contributed by atoms with Gasteiger partial charge in [-0.3, -0.25) is 9.78 Å². The van der Waals surface area contributed by atoms with Gasteiger partial charge in [-0.15, -0.1) is 11.3 Å². The van der Waals surface area contributed by atoms with Gasteiger partial charge in [-0.25, -0.2) is 0 Å². The highest BCUT2D eigenvalue weighted by Gasteiger charge is 2.17. The van der Waals surface area contributed by atoms with Crippen molar-refractivity contribution >= 4 is 32.3 Å². The SMILES string of the molecule is CC[C@@H](CNC)c1ccc(-c2c(C)nc(C)c3[nH]c(=O)c4sccc4c23)cc1. The maximum absolute atomic E-state index is 12.5. The predicted octanol–water partition coefficient (Wildman–Crippen LogP) is 5.13. The van der Waals surface area contributed by atoms with Crippen molar-refractivity contribution in [1.82, 2.24) is 15.3 Å². The summed E-state index contributed by atoms with van der Waals surface area (Å²) in [4.78, 5) is 20.3. The van der Waals surface area contributed by atoms with Crippen molar-refractivity contribution in [3.63, 3.8) is 0 Å². The Morgan fingerprint density at radius 3 is 2.57 bits per heavy atom. The molecule has 5 heteroatoms. The number of H-pyrrole nitrogens is 1. The number of aryl methyl sites for hydroxylation is 2. The lowest BCUT2D eigenvalue weighted by Gasteiger charge is -2.17. The molecular weight excluding hydrogens is 366 g/mol. The number of rotatable bonds is 5. The largest absolute Gasteiger partial charge is 0.319 e. The fourth-order valence-corrected chi connectivity index (χ4v) is 4.94. The molecule has 0 aliphatic carbocycles. The molecule has 4 nitrogen and oxygen atoms in total. The van der Waals surface area contributed by atoms with Gasteiger partial charge in [0, 0.05) is 28.6 Å². The lowest BCUT2D eigenvalue weighted by atomic mass is 9.92. The van der Waals surface area contributed by atoms with Crippen LogP contribution in [0.2, 0.25) is 0 Å². The summed E-state index contributed by atoms with van der Waals surface area (Å²) in [5.74, 6) is 0.507. The third-order valence-corrected chi connectivity index (χ3v) is 6.47. The molecule has 2 N–H and O–H groups in total. The van der Waals surface area contributed by atoms with Crippen molar-refractivity contribution in [1.29, 1.82) is 0 Å². The molecule has 144 valence electrons. The van der Waals surface area contributed by atoms with E-state index >= 15 is 0 Å². The van der Waals surface area contributed by atoms with Gasteiger partial charge in [0.15, 0.2) is 0 Å². The van der Waals surface area contributed by atoms with Gasteiger partial charge < -0.3 is 10.3 Å². The van der Waals surface area contributed by atoms with E-state index in [1.54, 1.807) is 0 Å². The van der Waals surface area contributed by atoms with Crippen molar-refractivity contribution < 1.29 is 0 Å². The van der Waals surface area contributed by atoms with Crippen LogP contribution in [-0.2, 0) is 0 Å². The number of pyridine rings is 2. The van der Waals surface area contributed by atoms with E-state index in [1.165, 1.54) is 16.9 Å². The molecule has 1 aromatic carbocycles. The number of hydrogen-bond donors (Lipinski definition) is 2. The van der Waals surface area contributed by atoms with Crippen molar-refractivity contribution in [2.75, 3.05) is 13.6 Å². The van der Waals surface area contributed by atoms with Gasteiger partial charge in [0.25, 0.3) is 5.56 Å². The highest BCUT2D eigenvalue weighted by Crippen LogP contribution is 2.37. The molecule has 0 fully saturated rings. The molecule has 0 unspecified atom stereocenters. The molecule has 3 aromatic heterocycles. The van der Waals surface area contributed by atoms with Gasteiger partial charge in [-0.2, -0.15) is 0 Å². The van der Waals surface area contributed by atoms with Crippen LogP contribution in [0.15, 0.2) is 40.5 Å². The molecule has 0 bridgehead atoms. The van der Waals surface area contributed by atoms with Crippen LogP contribution in [0.4, 0.5) is 0 Å². The normalized spacial score (nSPS) is 12.7. The van der Waals surface area contributed by atoms with E-state index in [9.17, 15) is 4.79 Å². The third kappa shape index (κ3) is 3.05. The summed E-state index contributed by atoms with van der Waals surface area (Å²) in [7, 11) is 2.00. The molecule has 0 spiro atoms. The Bertz CT molecular complexity index is 1200. The number of hydrogen-bond acceptors (Lipinski definition) is 4. The first-order valence-electron chi connectivity index (χ1n) is 9.70. The standard InChI is InChI=1S/C23H25N3OS/c1-5-15(12-24-4)16-6-8-17(9-7-16)19-13(2)25-14(3)21-20(19)18-10-11-28-22(18)23(27)26-21/h6-11,15,24H,5,12H2,1-4H3,(H,26,27)/t15-/m0/s1. The first kappa shape index (κ1) is 18.8. The first-order chi connectivity index (χ1) is 13.5. The van der Waals surface area contributed by atoms with Crippen LogP contribution >= 0.6 is 11.3 Å². The molecule has 4 aromatic rings. The molecule has 1 atom stereocenters. The van der Waals surface area contributed by atoms with Crippen LogP contribution in [0.1, 0.15) is 36.2 Å². The summed E-state index contributed by atoms with van der Waals surface area (Å²) in [6.07, 6.45) is 1.10. The lowest BCUT2D eigenvalue weighted by molar-refractivity contribution is 0.612. The molecule has 3 heterocycles. The maximum Gasteiger partial charge on any atom is 0.266 e. The van der Waals surface area contributed by atoms with Crippen LogP contribution in [-0.4, -0.2) is 23.6 Å². The average Bonchev–Trinajstić information content (AvgIpc) is 3.18. The quantitative estimate of drug-likeness (QED) is 0.495. The number of nitrogens with zero attached hydrogens (tertiary/aromatic N) is 1. The number of fused-ring (bicyclic) bond motifs is 3. The molecule has 4 rings (SSSR count). The third-order valence-electron chi connectivity index (χ3n) is 5.55. The summed E-state index contributed by atoms with van der Waals surface area (Å²) < 4.78 is 0.774. The monoisotopic (exact) mass is 391 g/mol. The summed E-state index contributed by atoms with van der Waals surface area (Å²) in [5.41, 5.74) is 6.23. The Balaban J connectivity index is 1.96. The number of aromatic nitrogens is 2. The molecule has 0 amide bonds. The summed E-state index contributed by atoms with van der Waals surface area (Å²) in [6.45, 7) is 7.20. The van der Waals surface area contributed by atoms with Gasteiger partial charge in [-0.1, -0.05) is 31.2 Å². The zero-order valence-corrected chi connectivity index (χ0v) is 17.5. The van der Waals surface area contributed by atoms with Crippen LogP contribution in [0.25, 0.3) is 32.1 Å². The number of nitrogens with one attached hydrogen (secondary N) is 2. The minimum Gasteiger partial charge on any atom is -0.319 e. The number of aromatic amines is 1. The first-order valence-corrected chi connectivity index (χ1v) is 10.6. The van der Waals surface area contributed by atoms with E-state index in [-0.39, 0.29) is 5.56 Å². The van der Waals surface area contributed by atoms with Crippen molar-refractivity contribution in [3.8, 4) is 11.1 Å². The number of benzene rings is 1. The second kappa shape index (κ2) is 7.49. The molecule has 0 saturated heterocycles. The molecule has 0 aliphatic rings. The maximum atomic E-state index is 12.5. The minimum atomic E-state index is -0.0367. The van der Waals surface area contributed by atoms with E-state index in [0.29, 0.717) is 5.92 Å². The van der Waals surface area contributed by atoms with Crippen LogP contribution in [0.3, 0.4) is 0 Å². The van der Waals surface area contributed by atoms with E-state index in [1.807, 2.05) is 25.4 Å². The molecule has 28 heavy (non-hydrogen) atoms. The second-order valence-corrected chi connectivity index (χ2v) is 8.23. The number of likely N-dealkylation sites (N-methyl/N-ethyl adjacent to an activating group) is 1. The Morgan fingerprint density at radius 2 is 1.89 bits per heavy atom. The lowest BCUT2D eigenvalue weighted by Crippen LogP contribution is -2.16. The van der Waals surface area contributed by atoms with Crippen molar-refractivity contribution in [3.05, 3.63) is 63.0 Å². The summed E-state index contributed by atoms with van der Waals surface area (Å²) in [5, 5.41) is 7.38. The topological polar surface area (TPSA) is 57.8 Å². The molecular formula is C23H25N3OS. The molecule has 0 saturated carbocycles. The van der Waals surface area contributed by atoms with Gasteiger partial charge in [-0.05, 0) is 55.8 Å². The fourth-order valence-electron chi connectivity index (χ4n) is 4.14. The molecule has 0 aliphatic heterocycles. The minimum absolute atomic E-state index is 0.0367. The fraction of sp³-hybridized carbons (Fsp3) is 0.304. The average molecular weight is 392 g/mol. The zero-order chi connectivity index (χ0) is 19.8. The highest BCUT2D eigenvalue weighted by molar-refractivity contribution is 7.17. The van der Waals surface area contributed by atoms with Gasteiger partial charge in [0.1, 0.15) is 4.70 Å². The summed E-state index contributed by atoms with van der Waals surface area (Å²) >= 11 is 1.49.